The molecule has 0 aliphatic heterocycles. The number of rotatable bonds is 24. The number of para-hydroxylation sites is 1. The number of unbranched alkanes of at least 4 members (excludes halogenated alkanes) is 8. The highest BCUT2D eigenvalue weighted by molar-refractivity contribution is 6.00. The fraction of sp³-hybridized carbons (Fsp3) is 0.419. The molecule has 0 saturated carbocycles. The predicted octanol–water partition coefficient (Wildman–Crippen LogP) is 9.08. The van der Waals surface area contributed by atoms with E-state index in [1.165, 1.54) is 56.1 Å². The molecule has 0 amide bonds. The minimum Gasteiger partial charge on any atom is -0.508 e. The van der Waals surface area contributed by atoms with E-state index in [0.29, 0.717) is 24.3 Å². The molecule has 0 bridgehead atoms. The number of nitrogens with zero attached hydrogens (tertiary/aromatic N) is 2. The Balaban J connectivity index is 1.14. The van der Waals surface area contributed by atoms with Crippen LogP contribution in [0, 0.1) is 0 Å². The molecule has 5 nitrogen and oxygen atoms in total. The van der Waals surface area contributed by atoms with Gasteiger partial charge in [0.1, 0.15) is 5.75 Å². The molecule has 0 aliphatic carbocycles. The molecule has 0 fully saturated rings. The largest absolute Gasteiger partial charge is 0.508 e. The minimum absolute atomic E-state index is 0.00215. The third kappa shape index (κ3) is 13.4. The number of phenols is 1. The number of carbonyl (C=O) groups is 1. The molecule has 1 atom stereocenters. The molecule has 0 spiro atoms. The van der Waals surface area contributed by atoms with Crippen LogP contribution in [0.15, 0.2) is 115 Å². The van der Waals surface area contributed by atoms with Gasteiger partial charge in [0, 0.05) is 31.8 Å². The van der Waals surface area contributed by atoms with Gasteiger partial charge in [-0.2, -0.15) is 0 Å². The highest BCUT2D eigenvalue weighted by Gasteiger charge is 2.26. The first kappa shape index (κ1) is 37.1. The second-order valence-electron chi connectivity index (χ2n) is 13.0. The van der Waals surface area contributed by atoms with Gasteiger partial charge in [0.25, 0.3) is 0 Å². The Morgan fingerprint density at radius 2 is 1.06 bits per heavy atom. The summed E-state index contributed by atoms with van der Waals surface area (Å²) in [7, 11) is 0. The maximum absolute atomic E-state index is 13.5. The number of ketones is 1. The molecule has 0 aliphatic rings. The van der Waals surface area contributed by atoms with Gasteiger partial charge in [-0.15, -0.1) is 0 Å². The average molecular weight is 649 g/mol. The van der Waals surface area contributed by atoms with Crippen molar-refractivity contribution in [1.82, 2.24) is 9.80 Å². The van der Waals surface area contributed by atoms with E-state index in [9.17, 15) is 15.0 Å². The zero-order valence-corrected chi connectivity index (χ0v) is 28.8. The Bertz CT molecular complexity index is 1410. The van der Waals surface area contributed by atoms with Crippen molar-refractivity contribution in [2.24, 2.45) is 0 Å². The zero-order valence-electron chi connectivity index (χ0n) is 28.8. The van der Waals surface area contributed by atoms with E-state index in [0.717, 1.165) is 51.0 Å². The van der Waals surface area contributed by atoms with Crippen LogP contribution in [-0.4, -0.2) is 58.1 Å². The fourth-order valence-electron chi connectivity index (χ4n) is 6.56. The molecule has 0 aromatic heterocycles. The summed E-state index contributed by atoms with van der Waals surface area (Å²) in [5, 5.41) is 20.1. The molecule has 0 radical (unpaired) electrons. The Kier molecular flexibility index (Phi) is 17.0. The van der Waals surface area contributed by atoms with Gasteiger partial charge < -0.3 is 10.2 Å². The summed E-state index contributed by atoms with van der Waals surface area (Å²) in [5.41, 5.74) is 4.26. The molecule has 5 heteroatoms. The van der Waals surface area contributed by atoms with Crippen LogP contribution < -0.4 is 0 Å². The van der Waals surface area contributed by atoms with Gasteiger partial charge in [-0.05, 0) is 61.5 Å². The fourth-order valence-corrected chi connectivity index (χ4v) is 6.56. The van der Waals surface area contributed by atoms with Crippen LogP contribution in [0.4, 0.5) is 0 Å². The summed E-state index contributed by atoms with van der Waals surface area (Å²) in [6.07, 6.45) is 12.2. The smallest absolute Gasteiger partial charge is 0.180 e. The first-order chi connectivity index (χ1) is 23.6. The van der Waals surface area contributed by atoms with E-state index in [1.807, 2.05) is 66.7 Å². The number of phenolic OH excluding ortho intramolecular Hbond substituents is 1. The van der Waals surface area contributed by atoms with Crippen LogP contribution in [0.3, 0.4) is 0 Å². The summed E-state index contributed by atoms with van der Waals surface area (Å²) in [4.78, 5) is 18.3. The van der Waals surface area contributed by atoms with E-state index in [4.69, 9.17) is 0 Å². The second-order valence-corrected chi connectivity index (χ2v) is 13.0. The number of hydrogen-bond donors (Lipinski definition) is 2. The number of carbonyl (C=O) groups excluding carboxylic acids is 1. The topological polar surface area (TPSA) is 64.0 Å². The van der Waals surface area contributed by atoms with Crippen molar-refractivity contribution in [3.63, 3.8) is 0 Å². The highest BCUT2D eigenvalue weighted by atomic mass is 16.3. The van der Waals surface area contributed by atoms with Gasteiger partial charge in [-0.1, -0.05) is 154 Å². The summed E-state index contributed by atoms with van der Waals surface area (Å²) in [5.74, 6) is 0.491. The van der Waals surface area contributed by atoms with Crippen molar-refractivity contribution in [1.29, 1.82) is 0 Å². The van der Waals surface area contributed by atoms with Crippen molar-refractivity contribution < 1.29 is 15.0 Å². The van der Waals surface area contributed by atoms with Gasteiger partial charge >= 0.3 is 0 Å². The Labute approximate surface area is 289 Å². The Morgan fingerprint density at radius 3 is 1.65 bits per heavy atom. The van der Waals surface area contributed by atoms with E-state index >= 15 is 0 Å². The van der Waals surface area contributed by atoms with E-state index < -0.39 is 0 Å². The number of hydrogen-bond acceptors (Lipinski definition) is 5. The number of Topliss-reactive ketones (excluding diaryl/α,β-unsaturated/α-hetero) is 1. The van der Waals surface area contributed by atoms with E-state index in [1.54, 1.807) is 6.07 Å². The highest BCUT2D eigenvalue weighted by Crippen LogP contribution is 2.20. The lowest BCUT2D eigenvalue weighted by atomic mass is 9.99. The normalized spacial score (nSPS) is 12.1. The first-order valence-electron chi connectivity index (χ1n) is 18.2. The van der Waals surface area contributed by atoms with Gasteiger partial charge in [0.05, 0.1) is 6.04 Å². The molecule has 0 heterocycles. The van der Waals surface area contributed by atoms with Crippen molar-refractivity contribution in [2.45, 2.75) is 89.8 Å². The van der Waals surface area contributed by atoms with Crippen molar-refractivity contribution in [3.05, 3.63) is 138 Å². The van der Waals surface area contributed by atoms with Crippen LogP contribution >= 0.6 is 0 Å². The molecule has 48 heavy (non-hydrogen) atoms. The third-order valence-corrected chi connectivity index (χ3v) is 9.29. The molecular weight excluding hydrogens is 592 g/mol. The van der Waals surface area contributed by atoms with Gasteiger partial charge in [-0.25, -0.2) is 0 Å². The lowest BCUT2D eigenvalue weighted by Crippen LogP contribution is -2.42. The van der Waals surface area contributed by atoms with E-state index in [2.05, 4.69) is 52.3 Å². The second kappa shape index (κ2) is 22.0. The molecule has 256 valence electrons. The summed E-state index contributed by atoms with van der Waals surface area (Å²) < 4.78 is 0. The molecule has 1 unspecified atom stereocenters. The van der Waals surface area contributed by atoms with Crippen LogP contribution in [0.2, 0.25) is 0 Å². The lowest BCUT2D eigenvalue weighted by Gasteiger charge is -2.31. The maximum atomic E-state index is 13.5. The Morgan fingerprint density at radius 1 is 0.562 bits per heavy atom. The van der Waals surface area contributed by atoms with Crippen molar-refractivity contribution >= 4 is 5.78 Å². The first-order valence-corrected chi connectivity index (χ1v) is 18.2. The number of aliphatic hydroxyl groups is 1. The molecular formula is C43H56N2O3. The molecule has 2 N–H and O–H groups in total. The summed E-state index contributed by atoms with van der Waals surface area (Å²) in [6, 6.07) is 37.9. The maximum Gasteiger partial charge on any atom is 0.180 e. The SMILES string of the molecule is O=C(c1ccccc1)C(CCO)N(CCCCCCCCCCCN(CCc1ccccc1O)Cc1ccccc1)Cc1ccccc1. The van der Waals surface area contributed by atoms with Crippen molar-refractivity contribution in [3.8, 4) is 5.75 Å². The number of benzene rings is 4. The monoisotopic (exact) mass is 648 g/mol. The lowest BCUT2D eigenvalue weighted by molar-refractivity contribution is 0.0751. The standard InChI is InChI=1S/C43H56N2O3/c46-34-30-41(43(48)40-26-15-10-16-27-40)45(36-38-23-13-9-14-24-38)32-20-7-5-3-1-2-4-6-19-31-44(35-37-21-11-8-12-22-37)33-29-39-25-17-18-28-42(39)47/h8-18,21-28,41,46-47H,1-7,19-20,29-36H2. The minimum atomic E-state index is -0.327. The summed E-state index contributed by atoms with van der Waals surface area (Å²) in [6.45, 7) is 4.52. The Hall–Kier alpha value is -3.77. The van der Waals surface area contributed by atoms with E-state index in [-0.39, 0.29) is 18.4 Å². The van der Waals surface area contributed by atoms with Gasteiger partial charge in [0.15, 0.2) is 5.78 Å². The molecule has 4 rings (SSSR count). The van der Waals surface area contributed by atoms with Crippen LogP contribution in [0.25, 0.3) is 0 Å². The predicted molar refractivity (Wildman–Crippen MR) is 198 cm³/mol. The zero-order chi connectivity index (χ0) is 33.7. The van der Waals surface area contributed by atoms with Crippen molar-refractivity contribution in [2.75, 3.05) is 26.2 Å². The third-order valence-electron chi connectivity index (χ3n) is 9.29. The van der Waals surface area contributed by atoms with Crippen LogP contribution in [0.5, 0.6) is 5.75 Å². The van der Waals surface area contributed by atoms with Crippen LogP contribution in [0.1, 0.15) is 91.3 Å². The molecule has 4 aromatic carbocycles. The molecule has 0 saturated heterocycles. The molecule has 4 aromatic rings. The van der Waals surface area contributed by atoms with Crippen LogP contribution in [-0.2, 0) is 19.5 Å². The quantitative estimate of drug-likeness (QED) is 0.0586. The number of aromatic hydroxyl groups is 1. The summed E-state index contributed by atoms with van der Waals surface area (Å²) >= 11 is 0. The average Bonchev–Trinajstić information content (AvgIpc) is 3.12. The number of aliphatic hydroxyl groups excluding tert-OH is 1. The van der Waals surface area contributed by atoms with Gasteiger partial charge in [0.2, 0.25) is 0 Å². The van der Waals surface area contributed by atoms with Gasteiger partial charge in [-0.3, -0.25) is 14.6 Å².